The monoisotopic (exact) mass is 578 g/mol. The molecule has 0 bridgehead atoms. The molecule has 2 unspecified atom stereocenters. The van der Waals surface area contributed by atoms with Crippen LogP contribution in [0, 0.1) is 5.41 Å². The number of rotatable bonds is 9. The van der Waals surface area contributed by atoms with Crippen molar-refractivity contribution in [3.8, 4) is 0 Å². The molecule has 5 N–H and O–H groups in total. The minimum atomic E-state index is -1.20. The summed E-state index contributed by atoms with van der Waals surface area (Å²) in [5, 5.41) is 31.2. The summed E-state index contributed by atoms with van der Waals surface area (Å²) >= 11 is 4.83. The molecule has 0 aliphatic carbocycles. The van der Waals surface area contributed by atoms with E-state index < -0.39 is 23.4 Å². The number of carbonyl (C=O) groups excluding carboxylic acids is 2. The molecule has 35 heavy (non-hydrogen) atoms. The molecule has 0 saturated carbocycles. The van der Waals surface area contributed by atoms with Gasteiger partial charge in [-0.3, -0.25) is 19.2 Å². The molecule has 180 valence electrons. The summed E-state index contributed by atoms with van der Waals surface area (Å²) in [5.41, 5.74) is 4.89. The van der Waals surface area contributed by atoms with Crippen molar-refractivity contribution in [1.29, 1.82) is 0 Å². The quantitative estimate of drug-likeness (QED) is 0.157. The number of carboxylic acid groups (broad SMARTS) is 2. The van der Waals surface area contributed by atoms with E-state index in [-0.39, 0.29) is 107 Å². The molecule has 4 rings (SSSR count). The molecular weight excluding hydrogens is 558 g/mol. The zero-order valence-electron chi connectivity index (χ0n) is 16.8. The molecule has 2 amide bonds. The van der Waals surface area contributed by atoms with E-state index in [1.807, 2.05) is 0 Å². The van der Waals surface area contributed by atoms with Crippen molar-refractivity contribution < 1.29 is 29.4 Å². The first-order chi connectivity index (χ1) is 15.7. The van der Waals surface area contributed by atoms with E-state index in [9.17, 15) is 24.3 Å². The fourth-order valence-electron chi connectivity index (χ4n) is 3.40. The molecule has 0 aromatic carbocycles. The molecule has 2 aromatic rings. The van der Waals surface area contributed by atoms with Crippen LogP contribution in [0.25, 0.3) is 0 Å². The third-order valence-electron chi connectivity index (χ3n) is 5.05. The van der Waals surface area contributed by atoms with Gasteiger partial charge >= 0.3 is 71.1 Å². The summed E-state index contributed by atoms with van der Waals surface area (Å²) in [6.07, 6.45) is -0.235. The molecule has 0 spiro atoms. The van der Waals surface area contributed by atoms with Crippen molar-refractivity contribution in [3.63, 3.8) is 0 Å². The predicted molar refractivity (Wildman–Crippen MR) is 136 cm³/mol. The van der Waals surface area contributed by atoms with Crippen molar-refractivity contribution in [2.45, 2.75) is 28.6 Å². The maximum absolute atomic E-state index is 12.7. The Balaban J connectivity index is 0.00000216. The Labute approximate surface area is 260 Å². The summed E-state index contributed by atoms with van der Waals surface area (Å²) in [6, 6.07) is -0.709. The second-order valence-corrected chi connectivity index (χ2v) is 11.8. The molecule has 2 aliphatic heterocycles. The first kappa shape index (κ1) is 30.8. The number of nitrogen functional groups attached to an aromatic ring is 1. The molecular formula is C17H20N6Na2O6S4. The molecule has 2 fully saturated rings. The van der Waals surface area contributed by atoms with Gasteiger partial charge in [-0.2, -0.15) is 0 Å². The Morgan fingerprint density at radius 3 is 2.63 bits per heavy atom. The van der Waals surface area contributed by atoms with Gasteiger partial charge in [0.25, 0.3) is 0 Å². The molecule has 4 heterocycles. The maximum atomic E-state index is 12.7. The van der Waals surface area contributed by atoms with Crippen molar-refractivity contribution in [2.24, 2.45) is 5.41 Å². The average molecular weight is 579 g/mol. The van der Waals surface area contributed by atoms with Crippen LogP contribution in [0.1, 0.15) is 10.7 Å². The summed E-state index contributed by atoms with van der Waals surface area (Å²) < 4.78 is 0.474. The van der Waals surface area contributed by atoms with Gasteiger partial charge in [-0.1, -0.05) is 23.1 Å². The number of nitrogens with one attached hydrogen (secondary N) is 1. The van der Waals surface area contributed by atoms with Gasteiger partial charge in [0.05, 0.1) is 18.5 Å². The van der Waals surface area contributed by atoms with Crippen LogP contribution < -0.4 is 11.1 Å². The van der Waals surface area contributed by atoms with E-state index >= 15 is 0 Å². The molecule has 2 aliphatic rings. The van der Waals surface area contributed by atoms with E-state index in [1.54, 1.807) is 5.38 Å². The number of nitrogens with two attached hydrogens (primary N) is 1. The van der Waals surface area contributed by atoms with Gasteiger partial charge in [-0.05, 0) is 0 Å². The molecule has 2 saturated heterocycles. The molecule has 3 atom stereocenters. The van der Waals surface area contributed by atoms with Crippen molar-refractivity contribution in [1.82, 2.24) is 25.4 Å². The fourth-order valence-corrected chi connectivity index (χ4v) is 7.71. The topological polar surface area (TPSA) is 189 Å². The van der Waals surface area contributed by atoms with E-state index in [2.05, 4.69) is 20.5 Å². The van der Waals surface area contributed by atoms with Gasteiger partial charge in [0.2, 0.25) is 11.8 Å². The van der Waals surface area contributed by atoms with Crippen LogP contribution in [0.5, 0.6) is 0 Å². The van der Waals surface area contributed by atoms with E-state index in [0.717, 1.165) is 11.3 Å². The van der Waals surface area contributed by atoms with Crippen LogP contribution in [-0.4, -0.2) is 143 Å². The molecule has 12 nitrogen and oxygen atoms in total. The molecule has 18 heteroatoms. The second-order valence-electron chi connectivity index (χ2n) is 7.47. The number of nitrogens with zero attached hydrogens (tertiary/aromatic N) is 4. The number of hydrogen-bond acceptors (Lipinski definition) is 12. The van der Waals surface area contributed by atoms with Gasteiger partial charge < -0.3 is 26.2 Å². The van der Waals surface area contributed by atoms with Crippen LogP contribution in [0.2, 0.25) is 0 Å². The average Bonchev–Trinajstić information content (AvgIpc) is 3.38. The van der Waals surface area contributed by atoms with Gasteiger partial charge in [-0.25, -0.2) is 4.98 Å². The van der Waals surface area contributed by atoms with Crippen molar-refractivity contribution >= 4 is 134 Å². The van der Waals surface area contributed by atoms with Crippen molar-refractivity contribution in [3.05, 3.63) is 16.1 Å². The molecule has 2 aromatic heterocycles. The van der Waals surface area contributed by atoms with Gasteiger partial charge in [-0.15, -0.1) is 33.3 Å². The number of anilines is 1. The van der Waals surface area contributed by atoms with Crippen LogP contribution in [0.15, 0.2) is 9.72 Å². The van der Waals surface area contributed by atoms with Gasteiger partial charge in [0.1, 0.15) is 21.8 Å². The Kier molecular flexibility index (Phi) is 11.3. The van der Waals surface area contributed by atoms with Crippen LogP contribution in [0.3, 0.4) is 0 Å². The first-order valence-corrected chi connectivity index (χ1v) is 13.2. The summed E-state index contributed by atoms with van der Waals surface area (Å²) in [4.78, 5) is 53.4. The minimum absolute atomic E-state index is 0. The Morgan fingerprint density at radius 2 is 2.00 bits per heavy atom. The number of aliphatic carboxylic acids is 2. The number of hydrogen-bond donors (Lipinski definition) is 4. The number of carboxylic acids is 2. The third-order valence-corrected chi connectivity index (χ3v) is 9.71. The second kappa shape index (κ2) is 12.9. The number of fused-ring (bicyclic) bond motifs is 1. The number of β-lactam (4-membered cyclic amide) rings is 1. The van der Waals surface area contributed by atoms with Gasteiger partial charge in [0.15, 0.2) is 9.47 Å². The van der Waals surface area contributed by atoms with Crippen LogP contribution in [-0.2, 0) is 32.0 Å². The Bertz CT molecular complexity index is 1120. The van der Waals surface area contributed by atoms with Crippen LogP contribution >= 0.6 is 46.2 Å². The summed E-state index contributed by atoms with van der Waals surface area (Å²) in [7, 11) is 0. The Morgan fingerprint density at radius 1 is 1.26 bits per heavy atom. The fraction of sp³-hybridized carbons (Fsp3) is 0.471. The SMILES string of the molecule is Nc1nc(CC(=O)NC2C(=O)N3CC(CSc4nnc(CC(=O)O)s4)(C(=O)O)CS[C@H]23)cs1.[NaH].[NaH]. The number of carbonyl (C=O) groups is 4. The number of thioether (sulfide) groups is 2. The van der Waals surface area contributed by atoms with E-state index in [1.165, 1.54) is 39.8 Å². The number of amides is 2. The number of thiazole rings is 1. The number of aromatic nitrogens is 3. The normalized spacial score (nSPS) is 22.7. The summed E-state index contributed by atoms with van der Waals surface area (Å²) in [6.45, 7) is 0.0155. The summed E-state index contributed by atoms with van der Waals surface area (Å²) in [5.74, 6) is -2.33. The first-order valence-electron chi connectivity index (χ1n) is 9.48. The zero-order chi connectivity index (χ0) is 23.8. The van der Waals surface area contributed by atoms with Crippen molar-refractivity contribution in [2.75, 3.05) is 23.8 Å². The standard InChI is InChI=1S/C17H18N6O6S4.2Na.2H/c18-15-19-7(3-30-15)1-8(24)20-11-12(27)23-4-17(14(28)29,5-31-13(11)23)6-32-16-22-21-9(33-16)2-10(25)26;;;;/h3,11,13H,1-2,4-6H2,(H2,18,19)(H,20,24)(H,25,26)(H,28,29);;;;/t11?,13-,17?;;;;/m1..../s1. The van der Waals surface area contributed by atoms with Crippen LogP contribution in [0.4, 0.5) is 5.13 Å². The Hall–Kier alpha value is -0.430. The molecule has 0 radical (unpaired) electrons. The van der Waals surface area contributed by atoms with E-state index in [4.69, 9.17) is 10.8 Å². The van der Waals surface area contributed by atoms with E-state index in [0.29, 0.717) is 20.2 Å². The predicted octanol–water partition coefficient (Wildman–Crippen LogP) is -1.29. The third kappa shape index (κ3) is 7.12. The zero-order valence-corrected chi connectivity index (χ0v) is 20.1. The van der Waals surface area contributed by atoms with Gasteiger partial charge in [0, 0.05) is 23.4 Å².